The summed E-state index contributed by atoms with van der Waals surface area (Å²) in [5.41, 5.74) is 0.949. The number of benzene rings is 2. The van der Waals surface area contributed by atoms with Crippen LogP contribution >= 0.6 is 0 Å². The van der Waals surface area contributed by atoms with Gasteiger partial charge in [-0.25, -0.2) is 16.8 Å². The predicted octanol–water partition coefficient (Wildman–Crippen LogP) is -2.28. The van der Waals surface area contributed by atoms with Crippen molar-refractivity contribution in [1.82, 2.24) is 10.0 Å². The molecule has 196 valence electrons. The zero-order chi connectivity index (χ0) is 27.2. The van der Waals surface area contributed by atoms with Gasteiger partial charge in [-0.15, -0.1) is 10.2 Å². The summed E-state index contributed by atoms with van der Waals surface area (Å²) in [5, 5.41) is 33.9. The Morgan fingerprint density at radius 1 is 0.632 bits per heavy atom. The van der Waals surface area contributed by atoms with Crippen LogP contribution in [0.5, 0.6) is 0 Å². The smallest absolute Gasteiger partial charge is 0.560 e. The first-order valence-corrected chi connectivity index (χ1v) is 13.0. The van der Waals surface area contributed by atoms with Crippen molar-refractivity contribution >= 4 is 44.0 Å². The average Bonchev–Trinajstić information content (AvgIpc) is 2.82. The Morgan fingerprint density at radius 2 is 0.868 bits per heavy atom. The summed E-state index contributed by atoms with van der Waals surface area (Å²) in [6, 6.07) is 11.1. The van der Waals surface area contributed by atoms with Crippen LogP contribution in [0.15, 0.2) is 79.0 Å². The minimum Gasteiger partial charge on any atom is -0.560 e. The number of hydrogen-bond acceptors (Lipinski definition) is 10. The Hall–Kier alpha value is -0.327. The summed E-state index contributed by atoms with van der Waals surface area (Å²) in [5.74, 6) is 0. The van der Waals surface area contributed by atoms with E-state index in [-0.39, 0.29) is 113 Å². The van der Waals surface area contributed by atoms with E-state index in [9.17, 15) is 16.8 Å². The third-order valence-electron chi connectivity index (χ3n) is 4.10. The monoisotopic (exact) mass is 614 g/mol. The third-order valence-corrected chi connectivity index (χ3v) is 5.89. The molecule has 0 bridgehead atoms. The number of rotatable bonds is 6. The molecule has 0 amide bonds. The molecule has 1 saturated heterocycles. The van der Waals surface area contributed by atoms with Crippen molar-refractivity contribution in [2.24, 2.45) is 20.7 Å². The zero-order valence-electron chi connectivity index (χ0n) is 21.4. The Bertz CT molecular complexity index is 1150. The van der Waals surface area contributed by atoms with Gasteiger partial charge in [0, 0.05) is 9.79 Å². The molecule has 0 spiro atoms. The van der Waals surface area contributed by atoms with Gasteiger partial charge in [0.1, 0.15) is 0 Å². The van der Waals surface area contributed by atoms with Crippen LogP contribution in [0.25, 0.3) is 10.3 Å². The van der Waals surface area contributed by atoms with Crippen LogP contribution in [-0.2, 0) is 29.6 Å². The molecule has 0 aromatic heterocycles. The van der Waals surface area contributed by atoms with Crippen LogP contribution in [0.4, 0.5) is 11.4 Å². The van der Waals surface area contributed by atoms with Gasteiger partial charge in [-0.1, -0.05) is 10.4 Å². The molecular formula is C20H24K2N8O6S2-2. The van der Waals surface area contributed by atoms with Gasteiger partial charge in [-0.05, 0) is 48.5 Å². The maximum Gasteiger partial charge on any atom is 1.00 e. The van der Waals surface area contributed by atoms with Gasteiger partial charge >= 0.3 is 103 Å². The van der Waals surface area contributed by atoms with Crippen LogP contribution in [0.3, 0.4) is 0 Å². The Morgan fingerprint density at radius 3 is 1.08 bits per heavy atom. The van der Waals surface area contributed by atoms with E-state index >= 15 is 0 Å². The third kappa shape index (κ3) is 16.1. The number of sulfonamides is 2. The van der Waals surface area contributed by atoms with E-state index in [1.54, 1.807) is 10.0 Å². The number of piperazine rings is 1. The molecule has 14 nitrogen and oxygen atoms in total. The average molecular weight is 615 g/mol. The van der Waals surface area contributed by atoms with E-state index in [2.05, 4.69) is 20.7 Å². The van der Waals surface area contributed by atoms with Gasteiger partial charge < -0.3 is 19.9 Å². The minimum atomic E-state index is -3.99. The second-order valence-corrected chi connectivity index (χ2v) is 9.65. The van der Waals surface area contributed by atoms with Gasteiger partial charge in [0.15, 0.2) is 0 Å². The number of carbonyl (C=O) groups excluding carboxylic acids is 2. The first kappa shape index (κ1) is 39.8. The van der Waals surface area contributed by atoms with Gasteiger partial charge in [0.25, 0.3) is 0 Å². The topological polar surface area (TPSA) is 206 Å². The second kappa shape index (κ2) is 20.5. The molecular weight excluding hydrogens is 591 g/mol. The zero-order valence-corrected chi connectivity index (χ0v) is 29.3. The molecule has 2 aromatic carbocycles. The van der Waals surface area contributed by atoms with Crippen molar-refractivity contribution in [3.05, 3.63) is 58.8 Å². The molecule has 0 unspecified atom stereocenters. The van der Waals surface area contributed by atoms with Crippen LogP contribution in [0, 0.1) is 0 Å². The van der Waals surface area contributed by atoms with Crippen LogP contribution in [0.2, 0.25) is 0 Å². The maximum absolute atomic E-state index is 11.1. The fourth-order valence-corrected chi connectivity index (χ4v) is 3.47. The van der Waals surface area contributed by atoms with E-state index in [4.69, 9.17) is 19.9 Å². The van der Waals surface area contributed by atoms with E-state index in [0.717, 1.165) is 0 Å². The van der Waals surface area contributed by atoms with E-state index in [1.807, 2.05) is 0 Å². The van der Waals surface area contributed by atoms with Crippen molar-refractivity contribution < 1.29 is 129 Å². The SMILES string of the molecule is C[C-]=O.C[C-]=O.[K+].[K+].[NH-]S(=O)(=O)c1ccc(N=NN2CCN(N=Nc3ccc(S([NH-])(=O)=O)cc3)CC2)cc1. The molecule has 2 N–H and O–H groups in total. The molecule has 38 heavy (non-hydrogen) atoms. The molecule has 2 aromatic rings. The molecule has 1 aliphatic rings. The fourth-order valence-electron chi connectivity index (χ4n) is 2.48. The van der Waals surface area contributed by atoms with Crippen molar-refractivity contribution in [1.29, 1.82) is 0 Å². The van der Waals surface area contributed by atoms with Crippen LogP contribution in [-0.4, -0.2) is 65.6 Å². The van der Waals surface area contributed by atoms with E-state index in [0.29, 0.717) is 37.6 Å². The van der Waals surface area contributed by atoms with Crippen molar-refractivity contribution in [2.75, 3.05) is 26.2 Å². The largest absolute Gasteiger partial charge is 1.00 e. The van der Waals surface area contributed by atoms with E-state index < -0.39 is 20.0 Å². The number of nitrogens with one attached hydrogen (secondary N) is 2. The summed E-state index contributed by atoms with van der Waals surface area (Å²) >= 11 is 0. The first-order valence-electron chi connectivity index (χ1n) is 10.0. The summed E-state index contributed by atoms with van der Waals surface area (Å²) in [4.78, 5) is 17.2. The second-order valence-electron chi connectivity index (χ2n) is 6.69. The first-order chi connectivity index (χ1) is 16.9. The molecule has 1 fully saturated rings. The molecule has 0 saturated carbocycles. The number of nitrogens with zero attached hydrogens (tertiary/aromatic N) is 6. The van der Waals surface area contributed by atoms with Crippen molar-refractivity contribution in [2.45, 2.75) is 23.6 Å². The molecule has 3 rings (SSSR count). The van der Waals surface area contributed by atoms with Gasteiger partial charge in [0.05, 0.1) is 57.6 Å². The quantitative estimate of drug-likeness (QED) is 0.196. The molecule has 0 radical (unpaired) electrons. The van der Waals surface area contributed by atoms with Gasteiger partial charge in [-0.2, -0.15) is 13.8 Å². The summed E-state index contributed by atoms with van der Waals surface area (Å²) in [6.45, 7) is 4.85. The summed E-state index contributed by atoms with van der Waals surface area (Å²) < 4.78 is 44.5. The standard InChI is InChI=1S/C16H18N8O4S2.2C2H3O.2K/c17-29(25,26)15-5-1-13(2-6-15)19-21-23-9-11-24(12-10-23)22-20-14-3-7-16(8-4-14)30(18,27)28;2*1-2-3;;/h1-8H,9-12H2,(H2-2,17,18,25,26,27,28);2*1H3;;/q-2;2*-1;2*+1. The Kier molecular flexibility index (Phi) is 21.5. The van der Waals surface area contributed by atoms with Gasteiger partial charge in [0.2, 0.25) is 0 Å². The normalized spacial score (nSPS) is 13.3. The minimum absolute atomic E-state index is 0. The van der Waals surface area contributed by atoms with Crippen LogP contribution in [0.1, 0.15) is 13.8 Å². The summed E-state index contributed by atoms with van der Waals surface area (Å²) in [6.07, 6.45) is 3.00. The van der Waals surface area contributed by atoms with E-state index in [1.165, 1.54) is 75.0 Å². The molecule has 1 aliphatic heterocycles. The molecule has 1 heterocycles. The predicted molar refractivity (Wildman–Crippen MR) is 131 cm³/mol. The fraction of sp³-hybridized carbons (Fsp3) is 0.300. The Balaban J connectivity index is 0. The van der Waals surface area contributed by atoms with Crippen LogP contribution < -0.4 is 103 Å². The summed E-state index contributed by atoms with van der Waals surface area (Å²) in [7, 11) is -7.98. The molecule has 0 atom stereocenters. The maximum atomic E-state index is 11.1. The van der Waals surface area contributed by atoms with Crippen molar-refractivity contribution in [3.63, 3.8) is 0 Å². The van der Waals surface area contributed by atoms with Crippen molar-refractivity contribution in [3.8, 4) is 0 Å². The number of hydrogen-bond donors (Lipinski definition) is 0. The Labute approximate surface area is 307 Å². The molecule has 0 aliphatic carbocycles. The van der Waals surface area contributed by atoms with Gasteiger partial charge in [-0.3, -0.25) is 22.6 Å². The molecule has 18 heteroatoms.